The van der Waals surface area contributed by atoms with Gasteiger partial charge in [0.1, 0.15) is 5.82 Å². The normalized spacial score (nSPS) is 11.4. The molecule has 4 nitrogen and oxygen atoms in total. The van der Waals surface area contributed by atoms with E-state index in [2.05, 4.69) is 75.6 Å². The summed E-state index contributed by atoms with van der Waals surface area (Å²) in [6.07, 6.45) is 0. The van der Waals surface area contributed by atoms with Gasteiger partial charge in [-0.3, -0.25) is 4.98 Å². The molecule has 0 aliphatic rings. The summed E-state index contributed by atoms with van der Waals surface area (Å²) >= 11 is 0. The van der Waals surface area contributed by atoms with Crippen LogP contribution in [0.1, 0.15) is 0 Å². The van der Waals surface area contributed by atoms with Gasteiger partial charge in [0.25, 0.3) is 0 Å². The van der Waals surface area contributed by atoms with Crippen LogP contribution < -0.4 is 5.69 Å². The van der Waals surface area contributed by atoms with Gasteiger partial charge in [-0.15, -0.1) is 0 Å². The quantitative estimate of drug-likeness (QED) is 0.366. The van der Waals surface area contributed by atoms with Crippen molar-refractivity contribution in [2.45, 2.75) is 0 Å². The highest BCUT2D eigenvalue weighted by Crippen LogP contribution is 2.36. The Morgan fingerprint density at radius 2 is 1.06 bits per heavy atom. The first-order chi connectivity index (χ1) is 15.3. The second-order valence-electron chi connectivity index (χ2n) is 7.54. The number of aromatic amines is 1. The van der Waals surface area contributed by atoms with Crippen LogP contribution in [-0.4, -0.2) is 15.0 Å². The maximum Gasteiger partial charge on any atom is 0.348 e. The molecule has 1 aromatic heterocycles. The van der Waals surface area contributed by atoms with E-state index in [1.54, 1.807) is 0 Å². The van der Waals surface area contributed by atoms with Crippen molar-refractivity contribution in [3.8, 4) is 22.8 Å². The number of aromatic nitrogens is 3. The number of benzene rings is 5. The third-order valence-electron chi connectivity index (χ3n) is 5.70. The zero-order valence-electron chi connectivity index (χ0n) is 16.5. The maximum absolute atomic E-state index is 12.3. The van der Waals surface area contributed by atoms with Crippen LogP contribution in [0.15, 0.2) is 102 Å². The Bertz CT molecular complexity index is 1620. The fourth-order valence-electron chi connectivity index (χ4n) is 4.29. The van der Waals surface area contributed by atoms with Crippen molar-refractivity contribution in [1.29, 1.82) is 0 Å². The van der Waals surface area contributed by atoms with Crippen LogP contribution >= 0.6 is 0 Å². The Labute approximate surface area is 177 Å². The molecule has 0 amide bonds. The van der Waals surface area contributed by atoms with E-state index in [1.165, 1.54) is 26.9 Å². The number of nitrogens with zero attached hydrogens (tertiary/aromatic N) is 2. The molecular weight excluding hydrogens is 382 g/mol. The van der Waals surface area contributed by atoms with Crippen molar-refractivity contribution >= 4 is 32.3 Å². The van der Waals surface area contributed by atoms with Gasteiger partial charge in [-0.05, 0) is 38.4 Å². The van der Waals surface area contributed by atoms with E-state index in [4.69, 9.17) is 0 Å². The average Bonchev–Trinajstić information content (AvgIpc) is 2.84. The molecule has 0 saturated heterocycles. The zero-order chi connectivity index (χ0) is 20.8. The van der Waals surface area contributed by atoms with E-state index < -0.39 is 5.69 Å². The van der Waals surface area contributed by atoms with Gasteiger partial charge in [-0.25, -0.2) is 9.78 Å². The number of hydrogen-bond donors (Lipinski definition) is 1. The Kier molecular flexibility index (Phi) is 3.90. The van der Waals surface area contributed by atoms with Crippen LogP contribution in [0.2, 0.25) is 0 Å². The molecule has 0 radical (unpaired) electrons. The van der Waals surface area contributed by atoms with Gasteiger partial charge in [-0.2, -0.15) is 4.98 Å². The summed E-state index contributed by atoms with van der Waals surface area (Å²) in [4.78, 5) is 23.9. The van der Waals surface area contributed by atoms with Crippen molar-refractivity contribution in [1.82, 2.24) is 15.0 Å². The molecule has 0 fully saturated rings. The topological polar surface area (TPSA) is 58.6 Å². The molecule has 1 N–H and O–H groups in total. The average molecular weight is 399 g/mol. The minimum atomic E-state index is -0.410. The number of hydrogen-bond acceptors (Lipinski definition) is 3. The van der Waals surface area contributed by atoms with E-state index in [1.807, 2.05) is 36.4 Å². The fraction of sp³-hybridized carbons (Fsp3) is 0. The summed E-state index contributed by atoms with van der Waals surface area (Å²) in [5, 5.41) is 7.12. The first kappa shape index (κ1) is 17.5. The molecule has 0 aliphatic heterocycles. The third-order valence-corrected chi connectivity index (χ3v) is 5.70. The molecule has 0 unspecified atom stereocenters. The minimum Gasteiger partial charge on any atom is -0.290 e. The summed E-state index contributed by atoms with van der Waals surface area (Å²) in [5.74, 6) is 0.931. The molecule has 6 rings (SSSR count). The summed E-state index contributed by atoms with van der Waals surface area (Å²) < 4.78 is 0. The largest absolute Gasteiger partial charge is 0.348 e. The van der Waals surface area contributed by atoms with E-state index in [0.29, 0.717) is 11.6 Å². The second kappa shape index (κ2) is 6.89. The lowest BCUT2D eigenvalue weighted by molar-refractivity contribution is 1.00. The highest BCUT2D eigenvalue weighted by Gasteiger charge is 2.12. The highest BCUT2D eigenvalue weighted by molar-refractivity contribution is 6.25. The van der Waals surface area contributed by atoms with Crippen LogP contribution in [0.25, 0.3) is 55.1 Å². The van der Waals surface area contributed by atoms with Gasteiger partial charge in [0.15, 0.2) is 5.82 Å². The van der Waals surface area contributed by atoms with Gasteiger partial charge in [0.2, 0.25) is 0 Å². The van der Waals surface area contributed by atoms with Crippen molar-refractivity contribution < 1.29 is 0 Å². The van der Waals surface area contributed by atoms with E-state index in [9.17, 15) is 4.79 Å². The number of fused-ring (bicyclic) bond motifs is 6. The van der Waals surface area contributed by atoms with Gasteiger partial charge in [0, 0.05) is 11.1 Å². The van der Waals surface area contributed by atoms with Gasteiger partial charge in [-0.1, -0.05) is 91.0 Å². The fourth-order valence-corrected chi connectivity index (χ4v) is 4.29. The smallest absolute Gasteiger partial charge is 0.290 e. The molecule has 6 aromatic rings. The SMILES string of the molecule is O=c1nc(-c2ccc3c4ccccc4c4ccccc4c3c2)nc(-c2ccccc2)[nH]1. The summed E-state index contributed by atoms with van der Waals surface area (Å²) in [7, 11) is 0. The first-order valence-electron chi connectivity index (χ1n) is 10.2. The standard InChI is InChI=1S/C27H17N3O/c31-27-29-25(17-8-2-1-3-9-17)28-26(30-27)18-14-15-23-21-12-5-4-10-19(21)20-11-6-7-13-22(20)24(23)16-18/h1-16H,(H,28,29,30,31). The van der Waals surface area contributed by atoms with Crippen molar-refractivity contribution in [3.63, 3.8) is 0 Å². The lowest BCUT2D eigenvalue weighted by Crippen LogP contribution is -2.14. The molecule has 0 spiro atoms. The highest BCUT2D eigenvalue weighted by atomic mass is 16.1. The van der Waals surface area contributed by atoms with Gasteiger partial charge < -0.3 is 0 Å². The molecule has 0 aliphatic carbocycles. The van der Waals surface area contributed by atoms with Crippen LogP contribution in [0.3, 0.4) is 0 Å². The first-order valence-corrected chi connectivity index (χ1v) is 10.2. The summed E-state index contributed by atoms with van der Waals surface area (Å²) in [6, 6.07) is 32.7. The zero-order valence-corrected chi connectivity index (χ0v) is 16.5. The Morgan fingerprint density at radius 1 is 0.516 bits per heavy atom. The summed E-state index contributed by atoms with van der Waals surface area (Å²) in [6.45, 7) is 0. The van der Waals surface area contributed by atoms with Gasteiger partial charge in [0.05, 0.1) is 0 Å². The number of rotatable bonds is 2. The van der Waals surface area contributed by atoms with Crippen LogP contribution in [0.5, 0.6) is 0 Å². The Morgan fingerprint density at radius 3 is 1.71 bits per heavy atom. The molecule has 5 aromatic carbocycles. The van der Waals surface area contributed by atoms with Crippen LogP contribution in [0, 0.1) is 0 Å². The number of nitrogens with one attached hydrogen (secondary N) is 1. The predicted octanol–water partition coefficient (Wildman–Crippen LogP) is 5.96. The van der Waals surface area contributed by atoms with Gasteiger partial charge >= 0.3 is 5.69 Å². The number of H-pyrrole nitrogens is 1. The molecule has 0 atom stereocenters. The minimum absolute atomic E-state index is 0.410. The predicted molar refractivity (Wildman–Crippen MR) is 126 cm³/mol. The molecule has 146 valence electrons. The van der Waals surface area contributed by atoms with Crippen LogP contribution in [0.4, 0.5) is 0 Å². The van der Waals surface area contributed by atoms with Crippen molar-refractivity contribution in [3.05, 3.63) is 108 Å². The van der Waals surface area contributed by atoms with Crippen molar-refractivity contribution in [2.24, 2.45) is 0 Å². The Balaban J connectivity index is 1.64. The molecule has 0 saturated carbocycles. The third kappa shape index (κ3) is 2.89. The molecule has 4 heteroatoms. The lowest BCUT2D eigenvalue weighted by Gasteiger charge is -2.11. The van der Waals surface area contributed by atoms with E-state index in [0.717, 1.165) is 16.5 Å². The molecule has 31 heavy (non-hydrogen) atoms. The molecular formula is C27H17N3O. The second-order valence-corrected chi connectivity index (χ2v) is 7.54. The summed E-state index contributed by atoms with van der Waals surface area (Å²) in [5.41, 5.74) is 1.25. The monoisotopic (exact) mass is 399 g/mol. The van der Waals surface area contributed by atoms with E-state index in [-0.39, 0.29) is 0 Å². The maximum atomic E-state index is 12.3. The Hall–Kier alpha value is -4.31. The lowest BCUT2D eigenvalue weighted by atomic mass is 9.93. The van der Waals surface area contributed by atoms with Crippen LogP contribution in [-0.2, 0) is 0 Å². The van der Waals surface area contributed by atoms with E-state index >= 15 is 0 Å². The van der Waals surface area contributed by atoms with Crippen molar-refractivity contribution in [2.75, 3.05) is 0 Å². The molecule has 1 heterocycles. The molecule has 0 bridgehead atoms.